The maximum absolute atomic E-state index is 13.2. The number of hydrogen-bond donors (Lipinski definition) is 2. The highest BCUT2D eigenvalue weighted by Gasteiger charge is 2.33. The van der Waals surface area contributed by atoms with Crippen LogP contribution >= 0.6 is 0 Å². The molecule has 2 aromatic rings. The standard InChI is InChI=1S/C22H25FN6O4/c23-15-1-3-16(4-2-15)26-21-18(20(25)30)11-29(27-21)19(5-8-24)14-6-9-28(10-7-14)22(31)33-17-12-32-13-17/h1-4,11,14,17,19H,5-7,9-10,12-13H2,(H2,25,30)(H,26,27)/t19-/m0/s1. The van der Waals surface area contributed by atoms with Gasteiger partial charge in [-0.05, 0) is 43.0 Å². The molecule has 4 rings (SSSR count). The first kappa shape index (κ1) is 22.5. The minimum atomic E-state index is -0.667. The summed E-state index contributed by atoms with van der Waals surface area (Å²) in [5, 5.41) is 16.9. The molecule has 0 spiro atoms. The maximum Gasteiger partial charge on any atom is 0.410 e. The van der Waals surface area contributed by atoms with E-state index in [1.165, 1.54) is 30.5 Å². The lowest BCUT2D eigenvalue weighted by Crippen LogP contribution is -2.45. The first-order chi connectivity index (χ1) is 15.9. The third kappa shape index (κ3) is 5.23. The molecule has 2 amide bonds. The van der Waals surface area contributed by atoms with E-state index < -0.39 is 5.91 Å². The Morgan fingerprint density at radius 2 is 2.00 bits per heavy atom. The zero-order valence-electron chi connectivity index (χ0n) is 17.9. The molecule has 1 aromatic carbocycles. The van der Waals surface area contributed by atoms with Crippen LogP contribution in [-0.2, 0) is 9.47 Å². The van der Waals surface area contributed by atoms with Gasteiger partial charge in [-0.15, -0.1) is 0 Å². The summed E-state index contributed by atoms with van der Waals surface area (Å²) in [6.07, 6.45) is 2.52. The van der Waals surface area contributed by atoms with Crippen molar-refractivity contribution >= 4 is 23.5 Å². The molecule has 1 atom stereocenters. The van der Waals surface area contributed by atoms with Gasteiger partial charge in [0.15, 0.2) is 11.9 Å². The smallest absolute Gasteiger partial charge is 0.410 e. The molecular weight excluding hydrogens is 431 g/mol. The quantitative estimate of drug-likeness (QED) is 0.653. The van der Waals surface area contributed by atoms with Crippen LogP contribution in [0.4, 0.5) is 20.7 Å². The highest BCUT2D eigenvalue weighted by molar-refractivity contribution is 5.98. The predicted molar refractivity (Wildman–Crippen MR) is 115 cm³/mol. The number of halogens is 1. The number of primary amides is 1. The lowest BCUT2D eigenvalue weighted by molar-refractivity contribution is -0.106. The monoisotopic (exact) mass is 456 g/mol. The second-order valence-electron chi connectivity index (χ2n) is 8.16. The van der Waals surface area contributed by atoms with Gasteiger partial charge in [0.05, 0.1) is 31.7 Å². The molecule has 2 saturated heterocycles. The van der Waals surface area contributed by atoms with E-state index in [2.05, 4.69) is 16.5 Å². The third-order valence-electron chi connectivity index (χ3n) is 5.96. The molecule has 1 aromatic heterocycles. The lowest BCUT2D eigenvalue weighted by atomic mass is 9.88. The summed E-state index contributed by atoms with van der Waals surface area (Å²) in [6, 6.07) is 7.53. The van der Waals surface area contributed by atoms with E-state index in [0.29, 0.717) is 44.8 Å². The molecular formula is C22H25FN6O4. The number of carbonyl (C=O) groups is 2. The normalized spacial score (nSPS) is 17.6. The van der Waals surface area contributed by atoms with E-state index in [0.717, 1.165) is 0 Å². The number of ether oxygens (including phenoxy) is 2. The molecule has 3 heterocycles. The van der Waals surface area contributed by atoms with Gasteiger partial charge in [-0.25, -0.2) is 9.18 Å². The molecule has 0 bridgehead atoms. The molecule has 2 aliphatic heterocycles. The lowest BCUT2D eigenvalue weighted by Gasteiger charge is -2.36. The van der Waals surface area contributed by atoms with Crippen molar-refractivity contribution in [3.8, 4) is 6.07 Å². The Morgan fingerprint density at radius 3 is 2.58 bits per heavy atom. The Kier molecular flexibility index (Phi) is 6.74. The van der Waals surface area contributed by atoms with Crippen molar-refractivity contribution in [2.45, 2.75) is 31.4 Å². The van der Waals surface area contributed by atoms with Crippen LogP contribution in [0.2, 0.25) is 0 Å². The van der Waals surface area contributed by atoms with Crippen LogP contribution in [0.3, 0.4) is 0 Å². The van der Waals surface area contributed by atoms with E-state index in [1.807, 2.05) is 0 Å². The molecule has 2 fully saturated rings. The van der Waals surface area contributed by atoms with Crippen LogP contribution < -0.4 is 11.1 Å². The van der Waals surface area contributed by atoms with Gasteiger partial charge in [-0.2, -0.15) is 10.4 Å². The molecule has 174 valence electrons. The number of aromatic nitrogens is 2. The van der Waals surface area contributed by atoms with Crippen LogP contribution in [0.5, 0.6) is 0 Å². The average Bonchev–Trinajstić information content (AvgIpc) is 3.20. The van der Waals surface area contributed by atoms with Gasteiger partial charge in [0.25, 0.3) is 5.91 Å². The van der Waals surface area contributed by atoms with E-state index in [1.54, 1.807) is 9.58 Å². The number of nitrogens with zero attached hydrogens (tertiary/aromatic N) is 4. The number of piperidine rings is 1. The van der Waals surface area contributed by atoms with Gasteiger partial charge in [0.1, 0.15) is 11.4 Å². The molecule has 33 heavy (non-hydrogen) atoms. The summed E-state index contributed by atoms with van der Waals surface area (Å²) >= 11 is 0. The molecule has 0 saturated carbocycles. The summed E-state index contributed by atoms with van der Waals surface area (Å²) < 4.78 is 25.2. The van der Waals surface area contributed by atoms with E-state index in [-0.39, 0.29) is 47.8 Å². The predicted octanol–water partition coefficient (Wildman–Crippen LogP) is 2.57. The topological polar surface area (TPSA) is 136 Å². The van der Waals surface area contributed by atoms with Crippen LogP contribution in [-0.4, -0.2) is 59.1 Å². The largest absolute Gasteiger partial charge is 0.441 e. The summed E-state index contributed by atoms with van der Waals surface area (Å²) in [7, 11) is 0. The average molecular weight is 456 g/mol. The van der Waals surface area contributed by atoms with Crippen molar-refractivity contribution in [2.24, 2.45) is 11.7 Å². The fraction of sp³-hybridized carbons (Fsp3) is 0.455. The van der Waals surface area contributed by atoms with Crippen molar-refractivity contribution in [2.75, 3.05) is 31.6 Å². The van der Waals surface area contributed by atoms with Crippen LogP contribution in [0.15, 0.2) is 30.5 Å². The van der Waals surface area contributed by atoms with E-state index in [9.17, 15) is 19.2 Å². The minimum absolute atomic E-state index is 0.0695. The third-order valence-corrected chi connectivity index (χ3v) is 5.96. The van der Waals surface area contributed by atoms with Gasteiger partial charge in [0.2, 0.25) is 0 Å². The highest BCUT2D eigenvalue weighted by atomic mass is 19.1. The maximum atomic E-state index is 13.2. The number of carbonyl (C=O) groups excluding carboxylic acids is 2. The van der Waals surface area contributed by atoms with E-state index >= 15 is 0 Å². The molecule has 11 heteroatoms. The van der Waals surface area contributed by atoms with Crippen molar-refractivity contribution in [3.05, 3.63) is 41.8 Å². The first-order valence-electron chi connectivity index (χ1n) is 10.8. The number of nitrogens with two attached hydrogens (primary N) is 1. The number of amides is 2. The Hall–Kier alpha value is -3.65. The van der Waals surface area contributed by atoms with Gasteiger partial charge in [0, 0.05) is 25.0 Å². The zero-order chi connectivity index (χ0) is 23.4. The molecule has 0 unspecified atom stereocenters. The summed E-state index contributed by atoms with van der Waals surface area (Å²) in [5.74, 6) is -0.744. The van der Waals surface area contributed by atoms with Crippen molar-refractivity contribution in [1.82, 2.24) is 14.7 Å². The summed E-state index contributed by atoms with van der Waals surface area (Å²) in [6.45, 7) is 1.87. The van der Waals surface area contributed by atoms with Crippen LogP contribution in [0, 0.1) is 23.1 Å². The fourth-order valence-electron chi connectivity index (χ4n) is 4.04. The highest BCUT2D eigenvalue weighted by Crippen LogP contribution is 2.33. The van der Waals surface area contributed by atoms with Crippen LogP contribution in [0.1, 0.15) is 35.7 Å². The van der Waals surface area contributed by atoms with E-state index in [4.69, 9.17) is 15.2 Å². The minimum Gasteiger partial charge on any atom is -0.441 e. The van der Waals surface area contributed by atoms with Gasteiger partial charge in [-0.1, -0.05) is 0 Å². The summed E-state index contributed by atoms with van der Waals surface area (Å²) in [4.78, 5) is 26.0. The second kappa shape index (κ2) is 9.87. The number of benzene rings is 1. The Balaban J connectivity index is 1.47. The first-order valence-corrected chi connectivity index (χ1v) is 10.8. The van der Waals surface area contributed by atoms with Crippen molar-refractivity contribution in [1.29, 1.82) is 5.26 Å². The Labute approximate surface area is 190 Å². The number of nitriles is 1. The van der Waals surface area contributed by atoms with Crippen molar-refractivity contribution < 1.29 is 23.5 Å². The fourth-order valence-corrected chi connectivity index (χ4v) is 4.04. The molecule has 3 N–H and O–H groups in total. The van der Waals surface area contributed by atoms with Crippen molar-refractivity contribution in [3.63, 3.8) is 0 Å². The number of likely N-dealkylation sites (tertiary alicyclic amines) is 1. The molecule has 10 nitrogen and oxygen atoms in total. The summed E-state index contributed by atoms with van der Waals surface area (Å²) in [5.41, 5.74) is 6.26. The zero-order valence-corrected chi connectivity index (χ0v) is 17.9. The number of rotatable bonds is 7. The molecule has 0 aliphatic carbocycles. The Bertz CT molecular complexity index is 1040. The SMILES string of the molecule is N#CC[C@@H](C1CCN(C(=O)OC2COC2)CC1)n1cc(C(N)=O)c(Nc2ccc(F)cc2)n1. The van der Waals surface area contributed by atoms with Crippen LogP contribution in [0.25, 0.3) is 0 Å². The van der Waals surface area contributed by atoms with Gasteiger partial charge in [-0.3, -0.25) is 9.48 Å². The van der Waals surface area contributed by atoms with Gasteiger partial charge >= 0.3 is 6.09 Å². The molecule has 2 aliphatic rings. The number of anilines is 2. The Morgan fingerprint density at radius 1 is 1.30 bits per heavy atom. The van der Waals surface area contributed by atoms with Gasteiger partial charge < -0.3 is 25.4 Å². The second-order valence-corrected chi connectivity index (χ2v) is 8.16. The number of hydrogen-bond acceptors (Lipinski definition) is 7. The number of nitrogens with one attached hydrogen (secondary N) is 1. The molecule has 0 radical (unpaired) electrons.